The van der Waals surface area contributed by atoms with Crippen molar-refractivity contribution in [2.45, 2.75) is 23.7 Å². The molecule has 0 saturated heterocycles. The summed E-state index contributed by atoms with van der Waals surface area (Å²) < 4.78 is 0. The summed E-state index contributed by atoms with van der Waals surface area (Å²) in [6.07, 6.45) is 16.2. The third kappa shape index (κ3) is 7.11. The van der Waals surface area contributed by atoms with Gasteiger partial charge >= 0.3 is 0 Å². The van der Waals surface area contributed by atoms with E-state index in [-0.39, 0.29) is 10.8 Å². The fraction of sp³-hybridized carbons (Fsp3) is 0.154. The molecule has 4 aromatic carbocycles. The van der Waals surface area contributed by atoms with Crippen LogP contribution in [0.4, 0.5) is 11.4 Å². The van der Waals surface area contributed by atoms with Crippen molar-refractivity contribution in [1.29, 1.82) is 0 Å². The average molecular weight is 785 g/mol. The normalized spacial score (nSPS) is 17.5. The highest BCUT2D eigenvalue weighted by Crippen LogP contribution is 2.45. The first-order chi connectivity index (χ1) is 29.3. The Kier molecular flexibility index (Phi) is 10.3. The Balaban J connectivity index is 0.000000154. The lowest BCUT2D eigenvalue weighted by Gasteiger charge is -2.34. The molecule has 0 amide bonds. The quantitative estimate of drug-likeness (QED) is 0.160. The first-order valence-electron chi connectivity index (χ1n) is 20.4. The van der Waals surface area contributed by atoms with Crippen LogP contribution in [0.3, 0.4) is 0 Å². The number of pyridine rings is 2. The maximum atomic E-state index is 4.64. The number of fused-ring (bicyclic) bond motifs is 2. The van der Waals surface area contributed by atoms with E-state index in [4.69, 9.17) is 0 Å². The molecule has 60 heavy (non-hydrogen) atoms. The molecule has 0 spiro atoms. The van der Waals surface area contributed by atoms with Gasteiger partial charge in [-0.1, -0.05) is 115 Å². The standard InChI is InChI=1S/2C26H24N4/c1-30(2)22-12-10-21(11-13-22)26(20-8-4-3-5-9-20)15-14-23-24(17-26)28-29-25(23)19-7-6-16-27-18-19;1-30(2)21-13-11-20(12-14-21)26(19-8-4-3-5-9-19)16-15-22-24(18-26)28-29-25(22)23-10-6-7-17-27-23/h3-16,18H,17H2,1-2H3,(H,28,29);3-17H,18H2,1-2H3,(H,28,29). The van der Waals surface area contributed by atoms with Gasteiger partial charge in [0.1, 0.15) is 11.4 Å². The van der Waals surface area contributed by atoms with E-state index in [9.17, 15) is 0 Å². The van der Waals surface area contributed by atoms with Crippen LogP contribution in [0.5, 0.6) is 0 Å². The van der Waals surface area contributed by atoms with E-state index in [0.29, 0.717) is 0 Å². The molecule has 2 atom stereocenters. The van der Waals surface area contributed by atoms with E-state index in [2.05, 4.69) is 208 Å². The van der Waals surface area contributed by atoms with Crippen LogP contribution in [0.2, 0.25) is 0 Å². The summed E-state index contributed by atoms with van der Waals surface area (Å²) in [5.41, 5.74) is 15.4. The van der Waals surface area contributed by atoms with Crippen LogP contribution < -0.4 is 9.80 Å². The summed E-state index contributed by atoms with van der Waals surface area (Å²) in [7, 11) is 8.27. The number of anilines is 2. The molecule has 8 heteroatoms. The van der Waals surface area contributed by atoms with Crippen molar-refractivity contribution in [3.63, 3.8) is 0 Å². The minimum atomic E-state index is -0.243. The van der Waals surface area contributed by atoms with Crippen LogP contribution in [-0.4, -0.2) is 58.6 Å². The lowest BCUT2D eigenvalue weighted by molar-refractivity contribution is 0.620. The number of hydrogen-bond donors (Lipinski definition) is 2. The number of aromatic amines is 2. The molecule has 0 radical (unpaired) electrons. The monoisotopic (exact) mass is 784 g/mol. The molecule has 0 saturated carbocycles. The van der Waals surface area contributed by atoms with Crippen LogP contribution in [-0.2, 0) is 23.7 Å². The first-order valence-corrected chi connectivity index (χ1v) is 20.4. The highest BCUT2D eigenvalue weighted by molar-refractivity contribution is 5.77. The van der Waals surface area contributed by atoms with E-state index >= 15 is 0 Å². The lowest BCUT2D eigenvalue weighted by atomic mass is 9.68. The van der Waals surface area contributed by atoms with Crippen molar-refractivity contribution in [2.24, 2.45) is 0 Å². The maximum absolute atomic E-state index is 4.64. The number of nitrogens with one attached hydrogen (secondary N) is 2. The number of hydrogen-bond acceptors (Lipinski definition) is 6. The Bertz CT molecular complexity index is 2540. The molecule has 2 N–H and O–H groups in total. The predicted molar refractivity (Wildman–Crippen MR) is 245 cm³/mol. The second kappa shape index (κ2) is 16.1. The van der Waals surface area contributed by atoms with Crippen molar-refractivity contribution in [1.82, 2.24) is 30.4 Å². The average Bonchev–Trinajstić information content (AvgIpc) is 3.94. The molecule has 4 aromatic heterocycles. The van der Waals surface area contributed by atoms with E-state index < -0.39 is 0 Å². The largest absolute Gasteiger partial charge is 0.378 e. The van der Waals surface area contributed by atoms with Gasteiger partial charge < -0.3 is 9.80 Å². The molecule has 8 nitrogen and oxygen atoms in total. The predicted octanol–water partition coefficient (Wildman–Crippen LogP) is 10.2. The van der Waals surface area contributed by atoms with Crippen LogP contribution >= 0.6 is 0 Å². The summed E-state index contributed by atoms with van der Waals surface area (Å²) in [5, 5.41) is 15.9. The number of rotatable bonds is 8. The van der Waals surface area contributed by atoms with Gasteiger partial charge in [-0.2, -0.15) is 10.2 Å². The van der Waals surface area contributed by atoms with Crippen molar-refractivity contribution in [3.05, 3.63) is 215 Å². The van der Waals surface area contributed by atoms with Crippen LogP contribution in [0.1, 0.15) is 44.8 Å². The Morgan fingerprint density at radius 2 is 0.967 bits per heavy atom. The van der Waals surface area contributed by atoms with Gasteiger partial charge in [0.15, 0.2) is 0 Å². The summed E-state index contributed by atoms with van der Waals surface area (Å²) in [6.45, 7) is 0. The van der Waals surface area contributed by atoms with E-state index in [0.717, 1.165) is 58.0 Å². The molecule has 10 rings (SSSR count). The second-order valence-corrected chi connectivity index (χ2v) is 16.0. The molecule has 296 valence electrons. The van der Waals surface area contributed by atoms with Gasteiger partial charge in [-0.05, 0) is 70.8 Å². The number of nitrogens with zero attached hydrogens (tertiary/aromatic N) is 6. The number of aromatic nitrogens is 6. The zero-order chi connectivity index (χ0) is 41.1. The Hall–Kier alpha value is -7.32. The molecular weight excluding hydrogens is 737 g/mol. The van der Waals surface area contributed by atoms with Gasteiger partial charge in [0.2, 0.25) is 0 Å². The minimum Gasteiger partial charge on any atom is -0.378 e. The zero-order valence-corrected chi connectivity index (χ0v) is 34.4. The highest BCUT2D eigenvalue weighted by atomic mass is 15.1. The van der Waals surface area contributed by atoms with Gasteiger partial charge in [0.05, 0.1) is 5.69 Å². The maximum Gasteiger partial charge on any atom is 0.118 e. The summed E-state index contributed by atoms with van der Waals surface area (Å²) in [6, 6.07) is 49.1. The fourth-order valence-corrected chi connectivity index (χ4v) is 8.66. The van der Waals surface area contributed by atoms with E-state index in [1.807, 2.05) is 36.7 Å². The summed E-state index contributed by atoms with van der Waals surface area (Å²) in [4.78, 5) is 13.0. The van der Waals surface area contributed by atoms with Gasteiger partial charge in [0.25, 0.3) is 0 Å². The zero-order valence-electron chi connectivity index (χ0n) is 34.4. The molecule has 0 fully saturated rings. The Labute approximate surface area is 352 Å². The molecule has 0 aliphatic heterocycles. The van der Waals surface area contributed by atoms with Gasteiger partial charge in [-0.3, -0.25) is 20.2 Å². The lowest BCUT2D eigenvalue weighted by Crippen LogP contribution is -2.30. The van der Waals surface area contributed by atoms with E-state index in [1.54, 1.807) is 6.20 Å². The molecule has 0 bridgehead atoms. The molecule has 2 aliphatic carbocycles. The Morgan fingerprint density at radius 3 is 1.43 bits per heavy atom. The SMILES string of the molecule is CN(C)c1ccc(C2(c3ccccc3)C=Cc3c(-c4ccccn4)n[nH]c3C2)cc1.CN(C)c1ccc(C2(c3ccccc3)C=Cc3c(-c4cccnc4)n[nH]c3C2)cc1. The topological polar surface area (TPSA) is 89.6 Å². The third-order valence-corrected chi connectivity index (χ3v) is 12.0. The van der Waals surface area contributed by atoms with Crippen LogP contribution in [0.25, 0.3) is 34.8 Å². The molecule has 8 aromatic rings. The molecular formula is C52H48N8. The third-order valence-electron chi connectivity index (χ3n) is 12.0. The van der Waals surface area contributed by atoms with Crippen molar-refractivity contribution in [3.8, 4) is 22.6 Å². The second-order valence-electron chi connectivity index (χ2n) is 16.0. The van der Waals surface area contributed by atoms with Crippen molar-refractivity contribution in [2.75, 3.05) is 38.0 Å². The van der Waals surface area contributed by atoms with Crippen molar-refractivity contribution >= 4 is 23.5 Å². The number of benzene rings is 4. The fourth-order valence-electron chi connectivity index (χ4n) is 8.66. The van der Waals surface area contributed by atoms with Gasteiger partial charge in [-0.15, -0.1) is 0 Å². The van der Waals surface area contributed by atoms with Crippen molar-refractivity contribution < 1.29 is 0 Å². The van der Waals surface area contributed by atoms with Crippen LogP contribution in [0, 0.1) is 0 Å². The number of H-pyrrole nitrogens is 2. The molecule has 2 unspecified atom stereocenters. The Morgan fingerprint density at radius 1 is 0.483 bits per heavy atom. The first kappa shape index (κ1) is 38.2. The van der Waals surface area contributed by atoms with Crippen LogP contribution in [0.15, 0.2) is 170 Å². The smallest absolute Gasteiger partial charge is 0.118 e. The van der Waals surface area contributed by atoms with Gasteiger partial charge in [-0.25, -0.2) is 0 Å². The summed E-state index contributed by atoms with van der Waals surface area (Å²) >= 11 is 0. The minimum absolute atomic E-state index is 0.238. The van der Waals surface area contributed by atoms with E-state index in [1.165, 1.54) is 33.6 Å². The summed E-state index contributed by atoms with van der Waals surface area (Å²) in [5.74, 6) is 0. The number of allylic oxidation sites excluding steroid dienone is 2. The van der Waals surface area contributed by atoms with Gasteiger partial charge in [0, 0.05) is 110 Å². The molecule has 4 heterocycles. The molecule has 2 aliphatic rings. The highest BCUT2D eigenvalue weighted by Gasteiger charge is 2.38.